The van der Waals surface area contributed by atoms with Gasteiger partial charge >= 0.3 is 0 Å². The first kappa shape index (κ1) is 21.5. The maximum atomic E-state index is 13.9. The Hall–Kier alpha value is -3.77. The largest absolute Gasteiger partial charge is 0.454 e. The molecule has 1 amide bonds. The monoisotopic (exact) mass is 454 g/mol. The molecule has 4 rings (SSSR count). The Morgan fingerprint density at radius 1 is 1.28 bits per heavy atom. The number of nitrogens with zero attached hydrogens (tertiary/aromatic N) is 4. The second-order valence-electron chi connectivity index (χ2n) is 7.46. The summed E-state index contributed by atoms with van der Waals surface area (Å²) < 4.78 is 21.1. The van der Waals surface area contributed by atoms with Gasteiger partial charge in [0.2, 0.25) is 0 Å². The van der Waals surface area contributed by atoms with Crippen molar-refractivity contribution >= 4 is 23.3 Å². The summed E-state index contributed by atoms with van der Waals surface area (Å²) in [6.07, 6.45) is 3.73. The van der Waals surface area contributed by atoms with Crippen molar-refractivity contribution < 1.29 is 13.9 Å². The second kappa shape index (κ2) is 8.77. The first-order valence-electron chi connectivity index (χ1n) is 9.93. The SMILES string of the molecule is N#CN1CCCC(n2nc(-c3ccc(Oc4cc(Cl)ccc4F)cc3)c(C(N)=O)c2N)C1. The zero-order chi connectivity index (χ0) is 22.8. The number of ether oxygens (including phenoxy) is 1. The normalized spacial score (nSPS) is 15.9. The predicted molar refractivity (Wildman–Crippen MR) is 118 cm³/mol. The van der Waals surface area contributed by atoms with Gasteiger partial charge in [-0.2, -0.15) is 10.4 Å². The summed E-state index contributed by atoms with van der Waals surface area (Å²) in [5.74, 6) is -0.702. The van der Waals surface area contributed by atoms with Crippen molar-refractivity contribution in [2.75, 3.05) is 18.8 Å². The molecule has 1 aliphatic rings. The highest BCUT2D eigenvalue weighted by atomic mass is 35.5. The Labute approximate surface area is 188 Å². The van der Waals surface area contributed by atoms with Gasteiger partial charge in [0.25, 0.3) is 5.91 Å². The molecule has 32 heavy (non-hydrogen) atoms. The summed E-state index contributed by atoms with van der Waals surface area (Å²) in [5.41, 5.74) is 12.9. The molecule has 0 spiro atoms. The minimum Gasteiger partial charge on any atom is -0.454 e. The standard InChI is InChI=1S/C22H20ClFN6O2/c23-14-5-8-17(24)18(10-14)32-16-6-3-13(4-7-16)20-19(22(27)31)21(26)30(28-20)15-2-1-9-29(11-15)12-25/h3-8,10,15H,1-2,9,11,26H2,(H2,27,31). The van der Waals surface area contributed by atoms with Gasteiger partial charge in [0.1, 0.15) is 22.8 Å². The minimum absolute atomic E-state index is 0.00376. The maximum absolute atomic E-state index is 13.9. The van der Waals surface area contributed by atoms with Crippen LogP contribution in [-0.2, 0) is 0 Å². The molecule has 0 bridgehead atoms. The zero-order valence-electron chi connectivity index (χ0n) is 17.0. The lowest BCUT2D eigenvalue weighted by Crippen LogP contribution is -2.34. The van der Waals surface area contributed by atoms with Crippen LogP contribution in [0.5, 0.6) is 11.5 Å². The molecule has 1 fully saturated rings. The highest BCUT2D eigenvalue weighted by Gasteiger charge is 2.28. The van der Waals surface area contributed by atoms with Crippen LogP contribution in [0.15, 0.2) is 42.5 Å². The highest BCUT2D eigenvalue weighted by Crippen LogP contribution is 2.34. The molecular weight excluding hydrogens is 435 g/mol. The first-order valence-corrected chi connectivity index (χ1v) is 10.3. The summed E-state index contributed by atoms with van der Waals surface area (Å²) in [6.45, 7) is 1.14. The number of nitriles is 1. The molecule has 0 radical (unpaired) electrons. The Balaban J connectivity index is 1.65. The van der Waals surface area contributed by atoms with Crippen LogP contribution in [0.1, 0.15) is 29.2 Å². The highest BCUT2D eigenvalue weighted by molar-refractivity contribution is 6.30. The van der Waals surface area contributed by atoms with E-state index >= 15 is 0 Å². The molecule has 1 atom stereocenters. The van der Waals surface area contributed by atoms with Crippen molar-refractivity contribution in [3.63, 3.8) is 0 Å². The lowest BCUT2D eigenvalue weighted by atomic mass is 10.1. The minimum atomic E-state index is -0.696. The number of nitrogens with two attached hydrogens (primary N) is 2. The van der Waals surface area contributed by atoms with E-state index < -0.39 is 11.7 Å². The average Bonchev–Trinajstić information content (AvgIpc) is 3.14. The Kier molecular flexibility index (Phi) is 5.88. The fraction of sp³-hybridized carbons (Fsp3) is 0.227. The molecule has 4 N–H and O–H groups in total. The summed E-state index contributed by atoms with van der Waals surface area (Å²) in [6, 6.07) is 10.5. The van der Waals surface area contributed by atoms with Crippen LogP contribution in [0, 0.1) is 17.3 Å². The van der Waals surface area contributed by atoms with E-state index in [0.717, 1.165) is 12.8 Å². The molecule has 1 aliphatic heterocycles. The Morgan fingerprint density at radius 2 is 2.03 bits per heavy atom. The molecule has 1 aromatic heterocycles. The van der Waals surface area contributed by atoms with Gasteiger partial charge in [0, 0.05) is 23.2 Å². The van der Waals surface area contributed by atoms with Gasteiger partial charge < -0.3 is 21.1 Å². The van der Waals surface area contributed by atoms with Crippen LogP contribution < -0.4 is 16.2 Å². The summed E-state index contributed by atoms with van der Waals surface area (Å²) in [5, 5.41) is 14.1. The van der Waals surface area contributed by atoms with Gasteiger partial charge in [-0.25, -0.2) is 9.07 Å². The Bertz CT molecular complexity index is 1200. The fourth-order valence-corrected chi connectivity index (χ4v) is 3.94. The number of carbonyl (C=O) groups excluding carboxylic acids is 1. The summed E-state index contributed by atoms with van der Waals surface area (Å²) in [7, 11) is 0. The maximum Gasteiger partial charge on any atom is 0.254 e. The van der Waals surface area contributed by atoms with Crippen molar-refractivity contribution in [1.82, 2.24) is 14.7 Å². The van der Waals surface area contributed by atoms with Crippen LogP contribution in [0.25, 0.3) is 11.3 Å². The molecule has 0 saturated carbocycles. The number of aromatic nitrogens is 2. The van der Waals surface area contributed by atoms with Crippen molar-refractivity contribution in [2.45, 2.75) is 18.9 Å². The third kappa shape index (κ3) is 4.18. The number of primary amides is 1. The zero-order valence-corrected chi connectivity index (χ0v) is 17.7. The van der Waals surface area contributed by atoms with Crippen molar-refractivity contribution in [3.8, 4) is 28.9 Å². The van der Waals surface area contributed by atoms with Crippen LogP contribution in [-0.4, -0.2) is 33.7 Å². The van der Waals surface area contributed by atoms with Gasteiger partial charge in [0.15, 0.2) is 17.8 Å². The van der Waals surface area contributed by atoms with Crippen molar-refractivity contribution in [3.05, 3.63) is 58.9 Å². The topological polar surface area (TPSA) is 123 Å². The second-order valence-corrected chi connectivity index (χ2v) is 7.90. The predicted octanol–water partition coefficient (Wildman–Crippen LogP) is 3.93. The molecule has 164 valence electrons. The number of hydrogen-bond acceptors (Lipinski definition) is 6. The lowest BCUT2D eigenvalue weighted by molar-refractivity contribution is 0.100. The van der Waals surface area contributed by atoms with E-state index in [-0.39, 0.29) is 23.2 Å². The van der Waals surface area contributed by atoms with Crippen LogP contribution in [0.2, 0.25) is 5.02 Å². The molecule has 3 aromatic rings. The van der Waals surface area contributed by atoms with E-state index in [0.29, 0.717) is 35.1 Å². The molecule has 2 heterocycles. The number of piperidine rings is 1. The van der Waals surface area contributed by atoms with Gasteiger partial charge in [0.05, 0.1) is 12.6 Å². The molecular formula is C22H20ClFN6O2. The lowest BCUT2D eigenvalue weighted by Gasteiger charge is -2.29. The molecule has 8 nitrogen and oxygen atoms in total. The molecule has 1 unspecified atom stereocenters. The van der Waals surface area contributed by atoms with Crippen molar-refractivity contribution in [2.24, 2.45) is 5.73 Å². The molecule has 1 saturated heterocycles. The van der Waals surface area contributed by atoms with Gasteiger partial charge in [-0.15, -0.1) is 0 Å². The van der Waals surface area contributed by atoms with E-state index in [4.69, 9.17) is 27.8 Å². The third-order valence-corrected chi connectivity index (χ3v) is 5.56. The van der Waals surface area contributed by atoms with Crippen LogP contribution in [0.4, 0.5) is 10.2 Å². The Morgan fingerprint density at radius 3 is 2.72 bits per heavy atom. The smallest absolute Gasteiger partial charge is 0.254 e. The summed E-state index contributed by atoms with van der Waals surface area (Å²) in [4.78, 5) is 13.8. The van der Waals surface area contributed by atoms with E-state index in [9.17, 15) is 14.4 Å². The fourth-order valence-electron chi connectivity index (χ4n) is 3.78. The number of likely N-dealkylation sites (tertiary alicyclic amines) is 1. The number of halogens is 2. The number of benzene rings is 2. The average molecular weight is 455 g/mol. The van der Waals surface area contributed by atoms with E-state index in [1.54, 1.807) is 33.8 Å². The number of nitrogen functional groups attached to an aromatic ring is 1. The van der Waals surface area contributed by atoms with Gasteiger partial charge in [-0.3, -0.25) is 4.79 Å². The number of amides is 1. The molecule has 10 heteroatoms. The number of hydrogen-bond donors (Lipinski definition) is 2. The summed E-state index contributed by atoms with van der Waals surface area (Å²) >= 11 is 5.90. The van der Waals surface area contributed by atoms with Gasteiger partial charge in [-0.05, 0) is 49.2 Å². The van der Waals surface area contributed by atoms with Crippen molar-refractivity contribution in [1.29, 1.82) is 5.26 Å². The number of carbonyl (C=O) groups is 1. The van der Waals surface area contributed by atoms with Gasteiger partial charge in [-0.1, -0.05) is 11.6 Å². The number of anilines is 1. The first-order chi connectivity index (χ1) is 15.4. The number of rotatable bonds is 5. The van der Waals surface area contributed by atoms with E-state index in [1.165, 1.54) is 18.2 Å². The third-order valence-electron chi connectivity index (χ3n) is 5.33. The van der Waals surface area contributed by atoms with E-state index in [2.05, 4.69) is 11.3 Å². The van der Waals surface area contributed by atoms with Crippen LogP contribution >= 0.6 is 11.6 Å². The van der Waals surface area contributed by atoms with Crippen LogP contribution in [0.3, 0.4) is 0 Å². The van der Waals surface area contributed by atoms with E-state index in [1.807, 2.05) is 0 Å². The quantitative estimate of drug-likeness (QED) is 0.563. The molecule has 2 aromatic carbocycles. The molecule has 0 aliphatic carbocycles.